The van der Waals surface area contributed by atoms with E-state index in [1.54, 1.807) is 35.9 Å². The third-order valence-corrected chi connectivity index (χ3v) is 7.64. The SMILES string of the molecule is Cn1cnnc1OC1(c2cccc(N3Cc4c(cc(CN5CCC(F)CC5)cc4C(F)(F)F)C3=O)c2)COC1. The highest BCUT2D eigenvalue weighted by atomic mass is 19.4. The first-order valence-corrected chi connectivity index (χ1v) is 12.8. The monoisotopic (exact) mass is 545 g/mol. The van der Waals surface area contributed by atoms with Gasteiger partial charge in [-0.1, -0.05) is 17.2 Å². The van der Waals surface area contributed by atoms with Gasteiger partial charge in [0, 0.05) is 43.5 Å². The Labute approximate surface area is 222 Å². The number of rotatable bonds is 6. The Morgan fingerprint density at radius 2 is 1.92 bits per heavy atom. The van der Waals surface area contributed by atoms with Crippen molar-refractivity contribution in [2.24, 2.45) is 7.05 Å². The number of hydrogen-bond acceptors (Lipinski definition) is 6. The van der Waals surface area contributed by atoms with Crippen molar-refractivity contribution in [1.82, 2.24) is 19.7 Å². The quantitative estimate of drug-likeness (QED) is 0.432. The van der Waals surface area contributed by atoms with E-state index in [9.17, 15) is 22.4 Å². The minimum Gasteiger partial charge on any atom is -0.447 e. The zero-order valence-electron chi connectivity index (χ0n) is 21.2. The Balaban J connectivity index is 1.30. The third-order valence-electron chi connectivity index (χ3n) is 7.64. The third kappa shape index (κ3) is 4.76. The van der Waals surface area contributed by atoms with Crippen molar-refractivity contribution >= 4 is 11.6 Å². The number of amides is 1. The van der Waals surface area contributed by atoms with Crippen LogP contribution >= 0.6 is 0 Å². The van der Waals surface area contributed by atoms with Gasteiger partial charge in [0.1, 0.15) is 12.5 Å². The highest BCUT2D eigenvalue weighted by molar-refractivity contribution is 6.10. The van der Waals surface area contributed by atoms with Crippen LogP contribution in [0.25, 0.3) is 0 Å². The van der Waals surface area contributed by atoms with E-state index in [4.69, 9.17) is 9.47 Å². The van der Waals surface area contributed by atoms with E-state index in [0.29, 0.717) is 48.8 Å². The summed E-state index contributed by atoms with van der Waals surface area (Å²) < 4.78 is 69.2. The van der Waals surface area contributed by atoms with Crippen LogP contribution in [0.5, 0.6) is 6.01 Å². The number of aryl methyl sites for hydroxylation is 1. The molecular weight excluding hydrogens is 518 g/mol. The van der Waals surface area contributed by atoms with Crippen LogP contribution < -0.4 is 9.64 Å². The van der Waals surface area contributed by atoms with E-state index in [1.165, 1.54) is 11.2 Å². The highest BCUT2D eigenvalue weighted by Gasteiger charge is 2.45. The van der Waals surface area contributed by atoms with Crippen molar-refractivity contribution in [1.29, 1.82) is 0 Å². The van der Waals surface area contributed by atoms with Crippen LogP contribution in [0.4, 0.5) is 23.2 Å². The Morgan fingerprint density at radius 3 is 2.56 bits per heavy atom. The van der Waals surface area contributed by atoms with Gasteiger partial charge in [0.2, 0.25) is 0 Å². The van der Waals surface area contributed by atoms with Crippen molar-refractivity contribution < 1.29 is 31.8 Å². The predicted octanol–water partition coefficient (Wildman–Crippen LogP) is 4.23. The number of aromatic nitrogens is 3. The molecule has 3 aliphatic heterocycles. The number of carbonyl (C=O) groups excluding carboxylic acids is 1. The van der Waals surface area contributed by atoms with Gasteiger partial charge in [-0.05, 0) is 48.2 Å². The molecule has 6 rings (SSSR count). The van der Waals surface area contributed by atoms with Crippen molar-refractivity contribution in [3.8, 4) is 6.01 Å². The van der Waals surface area contributed by atoms with Gasteiger partial charge in [0.15, 0.2) is 5.60 Å². The molecule has 0 N–H and O–H groups in total. The summed E-state index contributed by atoms with van der Waals surface area (Å²) in [5.41, 5.74) is -0.0955. The molecule has 1 amide bonds. The number of halogens is 4. The maximum atomic E-state index is 14.2. The minimum atomic E-state index is -4.62. The molecule has 12 heteroatoms. The predicted molar refractivity (Wildman–Crippen MR) is 132 cm³/mol. The molecular formula is C27H27F4N5O3. The largest absolute Gasteiger partial charge is 0.447 e. The average molecular weight is 546 g/mol. The second kappa shape index (κ2) is 9.60. The maximum absolute atomic E-state index is 14.2. The maximum Gasteiger partial charge on any atom is 0.416 e. The first-order chi connectivity index (χ1) is 18.6. The summed E-state index contributed by atoms with van der Waals surface area (Å²) in [4.78, 5) is 16.8. The molecule has 0 atom stereocenters. The van der Waals surface area contributed by atoms with Crippen LogP contribution in [0.15, 0.2) is 42.7 Å². The van der Waals surface area contributed by atoms with Crippen molar-refractivity contribution in [2.45, 2.75) is 43.9 Å². The molecule has 4 heterocycles. The molecule has 39 heavy (non-hydrogen) atoms. The Hall–Kier alpha value is -3.51. The fourth-order valence-electron chi connectivity index (χ4n) is 5.41. The minimum absolute atomic E-state index is 0.0406. The van der Waals surface area contributed by atoms with Crippen LogP contribution in [0, 0.1) is 0 Å². The summed E-state index contributed by atoms with van der Waals surface area (Å²) in [6.07, 6.45) is -3.29. The standard InChI is InChI=1S/C27H27F4N5O3/c1-34-16-32-33-25(34)39-26(14-38-15-26)18-3-2-4-20(11-18)36-13-22-21(24(36)37)9-17(10-23(22)27(29,30)31)12-35-7-5-19(28)6-8-35/h2-4,9-11,16,19H,5-8,12-15H2,1H3. The number of piperidine rings is 1. The zero-order valence-corrected chi connectivity index (χ0v) is 21.2. The Bertz CT molecular complexity index is 1400. The second-order valence-electron chi connectivity index (χ2n) is 10.4. The normalized spacial score (nSPS) is 19.7. The molecule has 8 nitrogen and oxygen atoms in total. The second-order valence-corrected chi connectivity index (χ2v) is 10.4. The Morgan fingerprint density at radius 1 is 1.15 bits per heavy atom. The molecule has 0 aliphatic carbocycles. The molecule has 2 saturated heterocycles. The first kappa shape index (κ1) is 25.8. The smallest absolute Gasteiger partial charge is 0.416 e. The summed E-state index contributed by atoms with van der Waals surface area (Å²) in [5.74, 6) is -0.495. The van der Waals surface area contributed by atoms with Crippen molar-refractivity contribution in [2.75, 3.05) is 31.2 Å². The summed E-state index contributed by atoms with van der Waals surface area (Å²) in [6, 6.07) is 9.99. The summed E-state index contributed by atoms with van der Waals surface area (Å²) >= 11 is 0. The molecule has 0 saturated carbocycles. The number of anilines is 1. The summed E-state index contributed by atoms with van der Waals surface area (Å²) in [7, 11) is 1.74. The number of nitrogens with zero attached hydrogens (tertiary/aromatic N) is 5. The molecule has 3 aliphatic rings. The van der Waals surface area contributed by atoms with E-state index in [1.807, 2.05) is 11.0 Å². The summed E-state index contributed by atoms with van der Waals surface area (Å²) in [6.45, 7) is 1.46. The van der Waals surface area contributed by atoms with E-state index in [2.05, 4.69) is 10.2 Å². The van der Waals surface area contributed by atoms with E-state index in [0.717, 1.165) is 6.07 Å². The molecule has 3 aromatic rings. The lowest BCUT2D eigenvalue weighted by molar-refractivity contribution is -0.172. The van der Waals surface area contributed by atoms with Crippen LogP contribution in [0.3, 0.4) is 0 Å². The van der Waals surface area contributed by atoms with Gasteiger partial charge < -0.3 is 14.4 Å². The van der Waals surface area contributed by atoms with E-state index in [-0.39, 0.29) is 37.4 Å². The average Bonchev–Trinajstić information content (AvgIpc) is 3.44. The van der Waals surface area contributed by atoms with Gasteiger partial charge in [-0.25, -0.2) is 4.39 Å². The van der Waals surface area contributed by atoms with Crippen LogP contribution in [0.2, 0.25) is 0 Å². The number of alkyl halides is 4. The van der Waals surface area contributed by atoms with Crippen LogP contribution in [0.1, 0.15) is 45.5 Å². The Kier molecular flexibility index (Phi) is 6.34. The number of benzene rings is 2. The molecule has 0 bridgehead atoms. The van der Waals surface area contributed by atoms with Gasteiger partial charge in [0.25, 0.3) is 5.91 Å². The molecule has 2 aromatic carbocycles. The molecule has 206 valence electrons. The highest BCUT2D eigenvalue weighted by Crippen LogP contribution is 2.41. The molecule has 0 spiro atoms. The topological polar surface area (TPSA) is 72.7 Å². The van der Waals surface area contributed by atoms with E-state index < -0.39 is 29.4 Å². The lowest BCUT2D eigenvalue weighted by Crippen LogP contribution is -2.52. The van der Waals surface area contributed by atoms with Gasteiger partial charge in [-0.15, -0.1) is 5.10 Å². The summed E-state index contributed by atoms with van der Waals surface area (Å²) in [5, 5.41) is 7.80. The van der Waals surface area contributed by atoms with Gasteiger partial charge in [-0.2, -0.15) is 13.2 Å². The van der Waals surface area contributed by atoms with Crippen LogP contribution in [-0.4, -0.2) is 58.0 Å². The molecule has 1 aromatic heterocycles. The first-order valence-electron chi connectivity index (χ1n) is 12.8. The number of hydrogen-bond donors (Lipinski definition) is 0. The zero-order chi connectivity index (χ0) is 27.4. The molecule has 0 radical (unpaired) electrons. The number of fused-ring (bicyclic) bond motifs is 1. The fourth-order valence-corrected chi connectivity index (χ4v) is 5.41. The van der Waals surface area contributed by atoms with Crippen molar-refractivity contribution in [3.63, 3.8) is 0 Å². The number of carbonyl (C=O) groups is 1. The van der Waals surface area contributed by atoms with Gasteiger partial charge >= 0.3 is 12.2 Å². The van der Waals surface area contributed by atoms with E-state index >= 15 is 0 Å². The van der Waals surface area contributed by atoms with Gasteiger partial charge in [0.05, 0.1) is 25.3 Å². The lowest BCUT2D eigenvalue weighted by atomic mass is 9.91. The van der Waals surface area contributed by atoms with Crippen molar-refractivity contribution in [3.05, 3.63) is 70.5 Å². The number of likely N-dealkylation sites (tertiary alicyclic amines) is 1. The lowest BCUT2D eigenvalue weighted by Gasteiger charge is -2.41. The number of ether oxygens (including phenoxy) is 2. The van der Waals surface area contributed by atoms with Gasteiger partial charge in [-0.3, -0.25) is 14.3 Å². The molecule has 2 fully saturated rings. The van der Waals surface area contributed by atoms with Crippen LogP contribution in [-0.2, 0) is 36.7 Å². The fraction of sp³-hybridized carbons (Fsp3) is 0.444. The molecule has 0 unspecified atom stereocenters.